The Balaban J connectivity index is 1.45. The number of carbonyl (C=O) groups excluding carboxylic acids is 2. The summed E-state index contributed by atoms with van der Waals surface area (Å²) in [4.78, 5) is 31.1. The van der Waals surface area contributed by atoms with Crippen molar-refractivity contribution in [1.82, 2.24) is 9.80 Å². The lowest BCUT2D eigenvalue weighted by molar-refractivity contribution is -0.197. The van der Waals surface area contributed by atoms with E-state index in [-0.39, 0.29) is 23.9 Å². The second kappa shape index (κ2) is 9.72. The van der Waals surface area contributed by atoms with Gasteiger partial charge in [-0.3, -0.25) is 9.59 Å². The molecule has 1 aromatic carbocycles. The minimum atomic E-state index is -1.00. The van der Waals surface area contributed by atoms with E-state index >= 15 is 0 Å². The monoisotopic (exact) mass is 614 g/mol. The molecule has 208 valence electrons. The quantitative estimate of drug-likeness (QED) is 0.286. The summed E-state index contributed by atoms with van der Waals surface area (Å²) in [5.41, 5.74) is 0.443. The van der Waals surface area contributed by atoms with E-state index in [9.17, 15) is 14.7 Å². The molecule has 1 spiro atoms. The molecule has 2 aromatic rings. The molecule has 1 saturated carbocycles. The highest BCUT2D eigenvalue weighted by Crippen LogP contribution is 2.65. The van der Waals surface area contributed by atoms with Crippen LogP contribution in [0.3, 0.4) is 0 Å². The molecule has 1 aromatic heterocycles. The first-order valence-corrected chi connectivity index (χ1v) is 15.4. The van der Waals surface area contributed by atoms with Gasteiger partial charge in [-0.25, -0.2) is 0 Å². The minimum Gasteiger partial charge on any atom is -0.483 e. The number of hydrogen-bond acceptors (Lipinski definition) is 7. The summed E-state index contributed by atoms with van der Waals surface area (Å²) in [7, 11) is 2.09. The Morgan fingerprint density at radius 3 is 2.85 bits per heavy atom. The summed E-state index contributed by atoms with van der Waals surface area (Å²) >= 11 is 5.06. The van der Waals surface area contributed by atoms with Gasteiger partial charge < -0.3 is 24.4 Å². The number of likely N-dealkylation sites (N-methyl/N-ethyl adjacent to an activating group) is 1. The molecule has 3 heterocycles. The van der Waals surface area contributed by atoms with Gasteiger partial charge in [0, 0.05) is 45.9 Å². The number of carbonyl (C=O) groups is 2. The molecular weight excluding hydrogens is 580 g/mol. The fraction of sp³-hybridized carbons (Fsp3) is 0.533. The third kappa shape index (κ3) is 4.11. The molecule has 0 unspecified atom stereocenters. The van der Waals surface area contributed by atoms with Crippen LogP contribution in [0.15, 0.2) is 34.1 Å². The Morgan fingerprint density at radius 1 is 1.36 bits per heavy atom. The summed E-state index contributed by atoms with van der Waals surface area (Å²) in [6.45, 7) is 7.02. The lowest BCUT2D eigenvalue weighted by Crippen LogP contribution is -2.78. The van der Waals surface area contributed by atoms with Gasteiger partial charge in [0.25, 0.3) is 0 Å². The number of ether oxygens (including phenoxy) is 2. The van der Waals surface area contributed by atoms with Gasteiger partial charge in [0.05, 0.1) is 17.1 Å². The van der Waals surface area contributed by atoms with Crippen molar-refractivity contribution < 1.29 is 24.2 Å². The summed E-state index contributed by atoms with van der Waals surface area (Å²) in [5, 5.41) is 14.6. The first-order valence-electron chi connectivity index (χ1n) is 13.7. The van der Waals surface area contributed by atoms with Crippen LogP contribution in [-0.2, 0) is 21.4 Å². The molecule has 2 fully saturated rings. The van der Waals surface area contributed by atoms with Crippen molar-refractivity contribution in [1.29, 1.82) is 0 Å². The van der Waals surface area contributed by atoms with Gasteiger partial charge in [-0.15, -0.1) is 11.3 Å². The van der Waals surface area contributed by atoms with E-state index in [1.165, 1.54) is 6.92 Å². The Morgan fingerprint density at radius 2 is 2.15 bits per heavy atom. The highest BCUT2D eigenvalue weighted by molar-refractivity contribution is 9.10. The van der Waals surface area contributed by atoms with E-state index in [0.717, 1.165) is 27.0 Å². The van der Waals surface area contributed by atoms with E-state index in [4.69, 9.17) is 9.47 Å². The maximum Gasteiger partial charge on any atom is 0.308 e. The van der Waals surface area contributed by atoms with Crippen LogP contribution in [0.2, 0.25) is 0 Å². The first-order chi connectivity index (χ1) is 18.5. The van der Waals surface area contributed by atoms with Crippen molar-refractivity contribution in [3.8, 4) is 11.5 Å². The molecule has 5 atom stereocenters. The fourth-order valence-corrected chi connectivity index (χ4v) is 9.05. The van der Waals surface area contributed by atoms with Crippen molar-refractivity contribution >= 4 is 45.2 Å². The van der Waals surface area contributed by atoms with Gasteiger partial charge in [-0.05, 0) is 84.9 Å². The van der Waals surface area contributed by atoms with E-state index in [1.54, 1.807) is 17.4 Å². The topological polar surface area (TPSA) is 79.3 Å². The molecule has 1 saturated heterocycles. The number of halogens is 1. The summed E-state index contributed by atoms with van der Waals surface area (Å²) in [6.07, 6.45) is 5.73. The Labute approximate surface area is 241 Å². The van der Waals surface area contributed by atoms with E-state index in [0.29, 0.717) is 43.7 Å². The third-order valence-corrected chi connectivity index (χ3v) is 10.8. The highest BCUT2D eigenvalue weighted by Gasteiger charge is 2.73. The molecule has 0 radical (unpaired) electrons. The number of piperidine rings is 1. The largest absolute Gasteiger partial charge is 0.483 e. The number of hydrogen-bond donors (Lipinski definition) is 1. The van der Waals surface area contributed by atoms with Crippen LogP contribution < -0.4 is 9.47 Å². The summed E-state index contributed by atoms with van der Waals surface area (Å²) < 4.78 is 13.4. The molecule has 39 heavy (non-hydrogen) atoms. The molecule has 6 rings (SSSR count). The molecule has 9 heteroatoms. The van der Waals surface area contributed by atoms with Gasteiger partial charge >= 0.3 is 5.97 Å². The molecule has 7 nitrogen and oxygen atoms in total. The summed E-state index contributed by atoms with van der Waals surface area (Å²) in [5.74, 6) is 0.753. The first kappa shape index (κ1) is 27.0. The van der Waals surface area contributed by atoms with Crippen LogP contribution in [0.4, 0.5) is 0 Å². The average Bonchev–Trinajstić information content (AvgIpc) is 3.45. The average molecular weight is 616 g/mol. The van der Waals surface area contributed by atoms with E-state index in [1.807, 2.05) is 34.6 Å². The lowest BCUT2D eigenvalue weighted by Gasteiger charge is -2.64. The SMILES string of the molecule is CC(=O)Oc1ccc2c3c1O[C@H]1[C@H](N(CC(C)C)C(=O)/C=C/c4cc(Br)cs4)CC[C@@]4(O)[C@@H](C2)N(C)CC[C@]314. The molecule has 4 aliphatic rings. The normalized spacial score (nSPS) is 30.8. The second-order valence-electron chi connectivity index (χ2n) is 11.9. The Hall–Kier alpha value is -2.20. The lowest BCUT2D eigenvalue weighted by atomic mass is 9.48. The molecule has 2 aliphatic heterocycles. The van der Waals surface area contributed by atoms with Gasteiger partial charge in [0.2, 0.25) is 5.91 Å². The van der Waals surface area contributed by atoms with E-state index < -0.39 is 23.1 Å². The Kier molecular flexibility index (Phi) is 6.72. The Bertz CT molecular complexity index is 1360. The molecule has 1 N–H and O–H groups in total. The van der Waals surface area contributed by atoms with Crippen LogP contribution in [0.5, 0.6) is 11.5 Å². The zero-order chi connectivity index (χ0) is 27.7. The van der Waals surface area contributed by atoms with Gasteiger partial charge in [-0.1, -0.05) is 19.9 Å². The van der Waals surface area contributed by atoms with Gasteiger partial charge in [0.1, 0.15) is 6.10 Å². The van der Waals surface area contributed by atoms with Crippen molar-refractivity contribution in [2.45, 2.75) is 75.7 Å². The zero-order valence-electron chi connectivity index (χ0n) is 22.8. The van der Waals surface area contributed by atoms with Crippen LogP contribution in [0.1, 0.15) is 56.0 Å². The van der Waals surface area contributed by atoms with Crippen LogP contribution >= 0.6 is 27.3 Å². The van der Waals surface area contributed by atoms with Crippen molar-refractivity contribution in [3.05, 3.63) is 50.1 Å². The molecule has 1 amide bonds. The predicted molar refractivity (Wildman–Crippen MR) is 154 cm³/mol. The number of rotatable bonds is 6. The van der Waals surface area contributed by atoms with Crippen LogP contribution in [0.25, 0.3) is 6.08 Å². The highest BCUT2D eigenvalue weighted by atomic mass is 79.9. The maximum atomic E-state index is 13.8. The smallest absolute Gasteiger partial charge is 0.308 e. The number of esters is 1. The number of benzene rings is 1. The molecular formula is C30H35BrN2O5S. The summed E-state index contributed by atoms with van der Waals surface area (Å²) in [6, 6.07) is 5.57. The minimum absolute atomic E-state index is 0.0391. The number of amides is 1. The molecule has 2 aliphatic carbocycles. The maximum absolute atomic E-state index is 13.8. The predicted octanol–water partition coefficient (Wildman–Crippen LogP) is 4.79. The van der Waals surface area contributed by atoms with Gasteiger partial charge in [-0.2, -0.15) is 0 Å². The number of aliphatic hydroxyl groups is 1. The fourth-order valence-electron chi connectivity index (χ4n) is 7.72. The van der Waals surface area contributed by atoms with Crippen molar-refractivity contribution in [2.24, 2.45) is 5.92 Å². The van der Waals surface area contributed by atoms with Crippen molar-refractivity contribution in [3.63, 3.8) is 0 Å². The van der Waals surface area contributed by atoms with E-state index in [2.05, 4.69) is 41.7 Å². The standard InChI is InChI=1S/C30H35BrN2O5S/c1-17(2)15-33(25(35)8-6-21-14-20(31)16-39-21)22-9-10-30(36)24-13-19-5-7-23(37-18(3)34)27-26(19)29(30,28(22)38-27)11-12-32(24)4/h5-8,14,16-17,22,24,28,36H,9-13,15H2,1-4H3/b8-6+/t22-,24-,28+,29+,30-/m1/s1. The van der Waals surface area contributed by atoms with Crippen molar-refractivity contribution in [2.75, 3.05) is 20.1 Å². The number of nitrogens with zero attached hydrogens (tertiary/aromatic N) is 2. The van der Waals surface area contributed by atoms with Crippen LogP contribution in [-0.4, -0.2) is 70.7 Å². The molecule has 2 bridgehead atoms. The number of thiophene rings is 1. The number of likely N-dealkylation sites (tertiary alicyclic amines) is 1. The van der Waals surface area contributed by atoms with Gasteiger partial charge in [0.15, 0.2) is 11.5 Å². The second-order valence-corrected chi connectivity index (χ2v) is 13.8. The third-order valence-electron chi connectivity index (χ3n) is 9.16. The zero-order valence-corrected chi connectivity index (χ0v) is 25.2. The van der Waals surface area contributed by atoms with Crippen LogP contribution in [0, 0.1) is 5.92 Å².